The Labute approximate surface area is 197 Å². The highest BCUT2D eigenvalue weighted by atomic mass is 16.6. The van der Waals surface area contributed by atoms with Gasteiger partial charge in [0, 0.05) is 0 Å². The van der Waals surface area contributed by atoms with Gasteiger partial charge in [0.2, 0.25) is 0 Å². The summed E-state index contributed by atoms with van der Waals surface area (Å²) in [7, 11) is 0. The normalized spacial score (nSPS) is 24.3. The summed E-state index contributed by atoms with van der Waals surface area (Å²) in [6.07, 6.45) is 20.8. The number of ether oxygens (including phenoxy) is 1. The van der Waals surface area contributed by atoms with Crippen LogP contribution in [0, 0.1) is 23.7 Å². The van der Waals surface area contributed by atoms with Crippen molar-refractivity contribution in [1.29, 1.82) is 0 Å². The minimum Gasteiger partial charge on any atom is -0.444 e. The van der Waals surface area contributed by atoms with Crippen molar-refractivity contribution in [2.24, 2.45) is 23.7 Å². The lowest BCUT2D eigenvalue weighted by Gasteiger charge is -2.40. The van der Waals surface area contributed by atoms with Crippen molar-refractivity contribution in [1.82, 2.24) is 5.32 Å². The van der Waals surface area contributed by atoms with Gasteiger partial charge in [0.25, 0.3) is 0 Å². The zero-order chi connectivity index (χ0) is 23.0. The molecule has 3 saturated carbocycles. The summed E-state index contributed by atoms with van der Waals surface area (Å²) in [6.45, 7) is 5.71. The van der Waals surface area contributed by atoms with Crippen LogP contribution in [0.2, 0.25) is 0 Å². The van der Waals surface area contributed by atoms with E-state index in [-0.39, 0.29) is 12.1 Å². The molecule has 0 heterocycles. The molecule has 0 bridgehead atoms. The minimum absolute atomic E-state index is 0.192. The van der Waals surface area contributed by atoms with Gasteiger partial charge in [-0.15, -0.1) is 0 Å². The lowest BCUT2D eigenvalue weighted by atomic mass is 9.67. The number of rotatable bonds is 8. The van der Waals surface area contributed by atoms with Gasteiger partial charge in [-0.25, -0.2) is 4.79 Å². The van der Waals surface area contributed by atoms with Crippen LogP contribution in [0.1, 0.15) is 130 Å². The zero-order valence-corrected chi connectivity index (χ0v) is 21.2. The van der Waals surface area contributed by atoms with Gasteiger partial charge in [-0.05, 0) is 57.3 Å². The van der Waals surface area contributed by atoms with E-state index in [2.05, 4.69) is 5.32 Å². The van der Waals surface area contributed by atoms with E-state index in [4.69, 9.17) is 4.74 Å². The molecule has 2 atom stereocenters. The molecule has 0 unspecified atom stereocenters. The van der Waals surface area contributed by atoms with E-state index in [0.29, 0.717) is 11.8 Å². The number of carbonyl (C=O) groups excluding carboxylic acids is 1. The number of alkyl carbamates (subject to hydrolysis) is 1. The van der Waals surface area contributed by atoms with Crippen molar-refractivity contribution in [3.8, 4) is 0 Å². The molecule has 0 radical (unpaired) electrons. The van der Waals surface area contributed by atoms with Gasteiger partial charge in [0.1, 0.15) is 5.60 Å². The average Bonchev–Trinajstić information content (AvgIpc) is 2.77. The van der Waals surface area contributed by atoms with E-state index < -0.39 is 11.7 Å². The van der Waals surface area contributed by atoms with Gasteiger partial charge in [-0.3, -0.25) is 0 Å². The van der Waals surface area contributed by atoms with Crippen molar-refractivity contribution in [3.05, 3.63) is 0 Å². The van der Waals surface area contributed by atoms with Gasteiger partial charge in [0.15, 0.2) is 0 Å². The van der Waals surface area contributed by atoms with E-state index in [1.807, 2.05) is 20.8 Å². The maximum absolute atomic E-state index is 12.7. The molecule has 4 nitrogen and oxygen atoms in total. The summed E-state index contributed by atoms with van der Waals surface area (Å²) in [5, 5.41) is 14.7. The second-order valence-corrected chi connectivity index (χ2v) is 12.3. The highest BCUT2D eigenvalue weighted by molar-refractivity contribution is 5.68. The molecule has 0 aromatic carbocycles. The molecular formula is C28H51NO3. The highest BCUT2D eigenvalue weighted by Crippen LogP contribution is 2.43. The topological polar surface area (TPSA) is 58.6 Å². The first-order valence-corrected chi connectivity index (χ1v) is 14.0. The summed E-state index contributed by atoms with van der Waals surface area (Å²) in [5.41, 5.74) is -0.517. The maximum Gasteiger partial charge on any atom is 0.407 e. The number of hydrogen-bond acceptors (Lipinski definition) is 3. The van der Waals surface area contributed by atoms with Crippen molar-refractivity contribution in [3.63, 3.8) is 0 Å². The lowest BCUT2D eigenvalue weighted by Crippen LogP contribution is -2.48. The fourth-order valence-corrected chi connectivity index (χ4v) is 6.89. The molecule has 3 fully saturated rings. The fraction of sp³-hybridized carbons (Fsp3) is 0.964. The molecule has 0 saturated heterocycles. The Balaban J connectivity index is 1.68. The SMILES string of the molecule is CC(C)(C)OC(=O)N[C@@H](CC1CCCCC1)[C@@H](O)CC(C1CCCCC1)C1CCCCC1. The van der Waals surface area contributed by atoms with Crippen molar-refractivity contribution < 1.29 is 14.6 Å². The molecule has 2 N–H and O–H groups in total. The first-order valence-electron chi connectivity index (χ1n) is 14.0. The third-order valence-corrected chi connectivity index (χ3v) is 8.50. The maximum atomic E-state index is 12.7. The van der Waals surface area contributed by atoms with Crippen LogP contribution >= 0.6 is 0 Å². The highest BCUT2D eigenvalue weighted by Gasteiger charge is 2.36. The van der Waals surface area contributed by atoms with Gasteiger partial charge in [0.05, 0.1) is 12.1 Å². The second kappa shape index (κ2) is 12.6. The quantitative estimate of drug-likeness (QED) is 0.406. The number of hydrogen-bond donors (Lipinski definition) is 2. The van der Waals surface area contributed by atoms with E-state index in [1.54, 1.807) is 0 Å². The minimum atomic E-state index is -0.517. The van der Waals surface area contributed by atoms with Gasteiger partial charge < -0.3 is 15.2 Å². The number of carbonyl (C=O) groups is 1. The first-order chi connectivity index (χ1) is 15.3. The largest absolute Gasteiger partial charge is 0.444 e. The number of nitrogens with one attached hydrogen (secondary N) is 1. The van der Waals surface area contributed by atoms with Gasteiger partial charge in [-0.1, -0.05) is 96.3 Å². The molecule has 32 heavy (non-hydrogen) atoms. The Bertz CT molecular complexity index is 521. The Morgan fingerprint density at radius 1 is 0.844 bits per heavy atom. The van der Waals surface area contributed by atoms with Crippen LogP contribution in [0.5, 0.6) is 0 Å². The van der Waals surface area contributed by atoms with Crippen molar-refractivity contribution in [2.75, 3.05) is 0 Å². The number of aliphatic hydroxyl groups excluding tert-OH is 1. The van der Waals surface area contributed by atoms with E-state index in [0.717, 1.165) is 24.7 Å². The third-order valence-electron chi connectivity index (χ3n) is 8.50. The summed E-state index contributed by atoms with van der Waals surface area (Å²) in [5.74, 6) is 2.75. The third kappa shape index (κ3) is 8.54. The summed E-state index contributed by atoms with van der Waals surface area (Å²) in [6, 6.07) is -0.192. The molecule has 3 aliphatic carbocycles. The molecule has 3 rings (SSSR count). The van der Waals surface area contributed by atoms with Crippen molar-refractivity contribution in [2.45, 2.75) is 148 Å². The molecule has 0 aromatic heterocycles. The Kier molecular flexibility index (Phi) is 10.2. The fourth-order valence-electron chi connectivity index (χ4n) is 6.89. The smallest absolute Gasteiger partial charge is 0.407 e. The molecule has 0 aliphatic heterocycles. The molecule has 186 valence electrons. The van der Waals surface area contributed by atoms with Crippen LogP contribution in [-0.4, -0.2) is 28.9 Å². The van der Waals surface area contributed by atoms with Crippen LogP contribution < -0.4 is 5.32 Å². The van der Waals surface area contributed by atoms with Gasteiger partial charge in [-0.2, -0.15) is 0 Å². The second-order valence-electron chi connectivity index (χ2n) is 12.3. The molecular weight excluding hydrogens is 398 g/mol. The van der Waals surface area contributed by atoms with E-state index in [9.17, 15) is 9.90 Å². The number of amides is 1. The van der Waals surface area contributed by atoms with Gasteiger partial charge >= 0.3 is 6.09 Å². The number of aliphatic hydroxyl groups is 1. The summed E-state index contributed by atoms with van der Waals surface area (Å²) < 4.78 is 5.58. The monoisotopic (exact) mass is 449 g/mol. The van der Waals surface area contributed by atoms with E-state index in [1.165, 1.54) is 96.3 Å². The summed E-state index contributed by atoms with van der Waals surface area (Å²) >= 11 is 0. The molecule has 3 aliphatic rings. The standard InChI is InChI=1S/C28H51NO3/c1-28(2,3)32-27(31)29-25(19-21-13-7-4-8-14-21)26(30)20-24(22-15-9-5-10-16-22)23-17-11-6-12-18-23/h21-26,30H,4-20H2,1-3H3,(H,29,31)/t25-,26-/m0/s1. The van der Waals surface area contributed by atoms with Crippen molar-refractivity contribution >= 4 is 6.09 Å². The summed E-state index contributed by atoms with van der Waals surface area (Å²) in [4.78, 5) is 12.7. The first kappa shape index (κ1) is 25.8. The Hall–Kier alpha value is -0.770. The predicted octanol–water partition coefficient (Wildman–Crippen LogP) is 7.38. The Morgan fingerprint density at radius 2 is 1.31 bits per heavy atom. The van der Waals surface area contributed by atoms with E-state index >= 15 is 0 Å². The molecule has 1 amide bonds. The van der Waals surface area contributed by atoms with Crippen LogP contribution in [0.3, 0.4) is 0 Å². The predicted molar refractivity (Wildman–Crippen MR) is 132 cm³/mol. The average molecular weight is 450 g/mol. The van der Waals surface area contributed by atoms with Crippen LogP contribution in [0.25, 0.3) is 0 Å². The van der Waals surface area contributed by atoms with Crippen LogP contribution in [-0.2, 0) is 4.74 Å². The van der Waals surface area contributed by atoms with Crippen LogP contribution in [0.4, 0.5) is 4.79 Å². The zero-order valence-electron chi connectivity index (χ0n) is 21.2. The molecule has 4 heteroatoms. The van der Waals surface area contributed by atoms with Crippen LogP contribution in [0.15, 0.2) is 0 Å². The molecule has 0 aromatic rings. The Morgan fingerprint density at radius 3 is 1.78 bits per heavy atom. The molecule has 0 spiro atoms. The lowest BCUT2D eigenvalue weighted by molar-refractivity contribution is 0.0229.